The van der Waals surface area contributed by atoms with Crippen LogP contribution in [0.1, 0.15) is 40.2 Å². The molecule has 2 atom stereocenters. The molecule has 0 bridgehead atoms. The summed E-state index contributed by atoms with van der Waals surface area (Å²) in [6.45, 7) is 12.3. The van der Waals surface area contributed by atoms with Crippen molar-refractivity contribution in [3.8, 4) is 0 Å². The first kappa shape index (κ1) is 16.1. The van der Waals surface area contributed by atoms with Crippen molar-refractivity contribution in [1.29, 1.82) is 0 Å². The van der Waals surface area contributed by atoms with Crippen LogP contribution >= 0.6 is 0 Å². The summed E-state index contributed by atoms with van der Waals surface area (Å²) in [6, 6.07) is 6.96. The summed E-state index contributed by atoms with van der Waals surface area (Å²) < 4.78 is 14.2. The minimum atomic E-state index is -0.683. The summed E-state index contributed by atoms with van der Waals surface area (Å²) in [5.41, 5.74) is 6.61. The van der Waals surface area contributed by atoms with E-state index in [1.807, 2.05) is 12.1 Å². The fourth-order valence-corrected chi connectivity index (χ4v) is 2.90. The lowest BCUT2D eigenvalue weighted by molar-refractivity contribution is 0.106. The van der Waals surface area contributed by atoms with Crippen molar-refractivity contribution in [2.75, 3.05) is 13.1 Å². The third-order valence-electron chi connectivity index (χ3n) is 4.35. The predicted octanol–water partition coefficient (Wildman–Crippen LogP) is 3.37. The predicted molar refractivity (Wildman–Crippen MR) is 79.5 cm³/mol. The van der Waals surface area contributed by atoms with Crippen molar-refractivity contribution in [2.24, 2.45) is 11.7 Å². The Morgan fingerprint density at radius 1 is 1.16 bits per heavy atom. The molecule has 0 aliphatic heterocycles. The maximum absolute atomic E-state index is 14.2. The third kappa shape index (κ3) is 2.98. The van der Waals surface area contributed by atoms with E-state index in [0.717, 1.165) is 13.1 Å². The zero-order valence-electron chi connectivity index (χ0n) is 12.8. The lowest BCUT2D eigenvalue weighted by atomic mass is 9.74. The minimum absolute atomic E-state index is 0.0828. The van der Waals surface area contributed by atoms with Crippen molar-refractivity contribution in [1.82, 2.24) is 4.90 Å². The second-order valence-corrected chi connectivity index (χ2v) is 5.46. The first-order chi connectivity index (χ1) is 8.89. The van der Waals surface area contributed by atoms with E-state index in [0.29, 0.717) is 5.56 Å². The van der Waals surface area contributed by atoms with Gasteiger partial charge in [0.15, 0.2) is 0 Å². The van der Waals surface area contributed by atoms with Gasteiger partial charge in [0.05, 0.1) is 5.54 Å². The molecular formula is C16H27FN2. The lowest BCUT2D eigenvalue weighted by Crippen LogP contribution is -2.58. The highest BCUT2D eigenvalue weighted by molar-refractivity contribution is 5.28. The van der Waals surface area contributed by atoms with Gasteiger partial charge >= 0.3 is 0 Å². The molecule has 2 N–H and O–H groups in total. The number of rotatable bonds is 6. The fraction of sp³-hybridized carbons (Fsp3) is 0.625. The van der Waals surface area contributed by atoms with Crippen LogP contribution in [0.4, 0.5) is 4.39 Å². The summed E-state index contributed by atoms with van der Waals surface area (Å²) >= 11 is 0. The second kappa shape index (κ2) is 6.49. The van der Waals surface area contributed by atoms with Crippen molar-refractivity contribution in [2.45, 2.75) is 46.2 Å². The number of hydrogen-bond acceptors (Lipinski definition) is 2. The van der Waals surface area contributed by atoms with Gasteiger partial charge in [0.2, 0.25) is 0 Å². The van der Waals surface area contributed by atoms with E-state index >= 15 is 0 Å². The zero-order valence-corrected chi connectivity index (χ0v) is 12.8. The first-order valence-electron chi connectivity index (χ1n) is 7.17. The largest absolute Gasteiger partial charge is 0.320 e. The molecule has 0 saturated carbocycles. The smallest absolute Gasteiger partial charge is 0.128 e. The molecular weight excluding hydrogens is 239 g/mol. The van der Waals surface area contributed by atoms with E-state index in [9.17, 15) is 4.39 Å². The van der Waals surface area contributed by atoms with E-state index in [1.165, 1.54) is 6.07 Å². The van der Waals surface area contributed by atoms with Crippen LogP contribution in [0.5, 0.6) is 0 Å². The van der Waals surface area contributed by atoms with E-state index in [2.05, 4.69) is 39.5 Å². The van der Waals surface area contributed by atoms with E-state index in [-0.39, 0.29) is 17.8 Å². The minimum Gasteiger partial charge on any atom is -0.320 e. The number of hydrogen-bond donors (Lipinski definition) is 1. The van der Waals surface area contributed by atoms with Crippen LogP contribution in [0.2, 0.25) is 0 Å². The quantitative estimate of drug-likeness (QED) is 0.855. The average Bonchev–Trinajstić information content (AvgIpc) is 2.39. The molecule has 0 amide bonds. The van der Waals surface area contributed by atoms with Gasteiger partial charge in [-0.25, -0.2) is 4.39 Å². The maximum atomic E-state index is 14.2. The van der Waals surface area contributed by atoms with Crippen molar-refractivity contribution in [3.05, 3.63) is 35.6 Å². The highest BCUT2D eigenvalue weighted by Gasteiger charge is 2.41. The lowest BCUT2D eigenvalue weighted by Gasteiger charge is -2.45. The Bertz CT molecular complexity index is 401. The number of nitrogens with zero attached hydrogens (tertiary/aromatic N) is 1. The summed E-state index contributed by atoms with van der Waals surface area (Å²) in [4.78, 5) is 2.28. The molecule has 0 heterocycles. The number of benzene rings is 1. The number of halogens is 1. The van der Waals surface area contributed by atoms with E-state index in [1.54, 1.807) is 6.07 Å². The first-order valence-corrected chi connectivity index (χ1v) is 7.17. The molecule has 0 saturated heterocycles. The van der Waals surface area contributed by atoms with Crippen molar-refractivity contribution in [3.63, 3.8) is 0 Å². The Morgan fingerprint density at radius 2 is 1.68 bits per heavy atom. The molecule has 0 radical (unpaired) electrons. The molecule has 0 fully saturated rings. The summed E-state index contributed by atoms with van der Waals surface area (Å²) in [7, 11) is 0. The van der Waals surface area contributed by atoms with Gasteiger partial charge in [0.1, 0.15) is 5.82 Å². The SMILES string of the molecule is CCN(CC)C(C)C(N)(c1ccccc1F)C(C)C. The van der Waals surface area contributed by atoms with Gasteiger partial charge in [-0.05, 0) is 32.0 Å². The van der Waals surface area contributed by atoms with Crippen molar-refractivity contribution >= 4 is 0 Å². The Balaban J connectivity index is 3.29. The van der Waals surface area contributed by atoms with E-state index in [4.69, 9.17) is 5.73 Å². The normalized spacial score (nSPS) is 16.7. The van der Waals surface area contributed by atoms with Gasteiger partial charge in [-0.2, -0.15) is 0 Å². The highest BCUT2D eigenvalue weighted by atomic mass is 19.1. The van der Waals surface area contributed by atoms with Crippen molar-refractivity contribution < 1.29 is 4.39 Å². The number of likely N-dealkylation sites (N-methyl/N-ethyl adjacent to an activating group) is 1. The molecule has 0 aromatic heterocycles. The van der Waals surface area contributed by atoms with Gasteiger partial charge < -0.3 is 5.73 Å². The molecule has 0 aliphatic rings. The van der Waals surface area contributed by atoms with Gasteiger partial charge in [-0.1, -0.05) is 45.9 Å². The molecule has 108 valence electrons. The van der Waals surface area contributed by atoms with Gasteiger partial charge in [-0.3, -0.25) is 4.90 Å². The molecule has 1 aromatic rings. The average molecular weight is 266 g/mol. The zero-order chi connectivity index (χ0) is 14.6. The third-order valence-corrected chi connectivity index (χ3v) is 4.35. The van der Waals surface area contributed by atoms with Gasteiger partial charge in [-0.15, -0.1) is 0 Å². The Hall–Kier alpha value is -0.930. The Labute approximate surface area is 116 Å². The maximum Gasteiger partial charge on any atom is 0.128 e. The second-order valence-electron chi connectivity index (χ2n) is 5.46. The van der Waals surface area contributed by atoms with Crippen LogP contribution in [0.3, 0.4) is 0 Å². The Kier molecular flexibility index (Phi) is 5.50. The van der Waals surface area contributed by atoms with Gasteiger partial charge in [0.25, 0.3) is 0 Å². The molecule has 3 heteroatoms. The summed E-state index contributed by atoms with van der Waals surface area (Å²) in [6.07, 6.45) is 0. The monoisotopic (exact) mass is 266 g/mol. The summed E-state index contributed by atoms with van der Waals surface area (Å²) in [5.74, 6) is -0.0577. The van der Waals surface area contributed by atoms with E-state index < -0.39 is 5.54 Å². The van der Waals surface area contributed by atoms with Crippen LogP contribution in [0.15, 0.2) is 24.3 Å². The standard InChI is InChI=1S/C16H27FN2/c1-6-19(7-2)13(5)16(18,12(3)4)14-10-8-9-11-15(14)17/h8-13H,6-7,18H2,1-5H3. The molecule has 1 aromatic carbocycles. The van der Waals surface area contributed by atoms with Crippen LogP contribution < -0.4 is 5.73 Å². The Morgan fingerprint density at radius 3 is 2.11 bits per heavy atom. The topological polar surface area (TPSA) is 29.3 Å². The molecule has 0 aliphatic carbocycles. The highest BCUT2D eigenvalue weighted by Crippen LogP contribution is 2.34. The van der Waals surface area contributed by atoms with Crippen LogP contribution in [0.25, 0.3) is 0 Å². The molecule has 19 heavy (non-hydrogen) atoms. The molecule has 1 rings (SSSR count). The molecule has 2 nitrogen and oxygen atoms in total. The number of nitrogens with two attached hydrogens (primary N) is 1. The van der Waals surface area contributed by atoms with Gasteiger partial charge in [0, 0.05) is 11.6 Å². The van der Waals surface area contributed by atoms with Crippen LogP contribution in [-0.2, 0) is 5.54 Å². The van der Waals surface area contributed by atoms with Crippen LogP contribution in [0, 0.1) is 11.7 Å². The molecule has 2 unspecified atom stereocenters. The molecule has 0 spiro atoms. The van der Waals surface area contributed by atoms with Crippen LogP contribution in [-0.4, -0.2) is 24.0 Å². The fourth-order valence-electron chi connectivity index (χ4n) is 2.90. The summed E-state index contributed by atoms with van der Waals surface area (Å²) in [5, 5.41) is 0.